The lowest BCUT2D eigenvalue weighted by atomic mass is 10.2. The van der Waals surface area contributed by atoms with Crippen LogP contribution in [0.5, 0.6) is 0 Å². The van der Waals surface area contributed by atoms with E-state index < -0.39 is 11.7 Å². The molecule has 1 rings (SSSR count). The first-order chi connectivity index (χ1) is 20.3. The minimum Gasteiger partial charge on any atom is -0.444 e. The molecule has 42 heavy (non-hydrogen) atoms. The third-order valence-corrected chi connectivity index (χ3v) is 6.72. The van der Waals surface area contributed by atoms with Crippen molar-refractivity contribution in [2.75, 3.05) is 125 Å². The molecule has 0 aliphatic carbocycles. The molecular weight excluding hydrogens is 544 g/mol. The summed E-state index contributed by atoms with van der Waals surface area (Å²) in [7, 11) is 0. The van der Waals surface area contributed by atoms with Crippen LogP contribution in [0.25, 0.3) is 0 Å². The lowest BCUT2D eigenvalue weighted by molar-refractivity contribution is -0.00260. The van der Waals surface area contributed by atoms with E-state index in [1.54, 1.807) is 0 Å². The highest BCUT2D eigenvalue weighted by Gasteiger charge is 2.19. The summed E-state index contributed by atoms with van der Waals surface area (Å²) in [6.07, 6.45) is 7.44. The van der Waals surface area contributed by atoms with Crippen molar-refractivity contribution in [3.63, 3.8) is 0 Å². The summed E-state index contributed by atoms with van der Waals surface area (Å²) in [6, 6.07) is -0.284. The molecule has 1 aliphatic rings. The quantitative estimate of drug-likeness (QED) is 0.101. The van der Waals surface area contributed by atoms with Crippen LogP contribution in [0.3, 0.4) is 0 Å². The van der Waals surface area contributed by atoms with Gasteiger partial charge in [-0.1, -0.05) is 5.92 Å². The van der Waals surface area contributed by atoms with Crippen LogP contribution in [0, 0.1) is 12.3 Å². The number of piperazine rings is 1. The Bertz CT molecular complexity index is 692. The molecule has 0 atom stereocenters. The summed E-state index contributed by atoms with van der Waals surface area (Å²) in [4.78, 5) is 18.9. The van der Waals surface area contributed by atoms with E-state index in [4.69, 9.17) is 30.1 Å². The van der Waals surface area contributed by atoms with E-state index in [2.05, 4.69) is 25.9 Å². The topological polar surface area (TPSA) is 125 Å². The van der Waals surface area contributed by atoms with Crippen molar-refractivity contribution in [1.29, 1.82) is 0 Å². The van der Waals surface area contributed by atoms with Gasteiger partial charge in [-0.3, -0.25) is 9.80 Å². The fourth-order valence-corrected chi connectivity index (χ4v) is 4.42. The van der Waals surface area contributed by atoms with Crippen LogP contribution in [0.2, 0.25) is 0 Å². The molecule has 0 aromatic heterocycles. The highest BCUT2D eigenvalue weighted by atomic mass is 16.6. The summed E-state index contributed by atoms with van der Waals surface area (Å²) in [6.45, 7) is 17.7. The monoisotopic (exact) mass is 602 g/mol. The number of amides is 1. The Kier molecular flexibility index (Phi) is 22.8. The standard InChI is InChI=1S/C30H58N4O8/c1-5-18-38-20-22-40-24-25-41-23-21-39-19-17-33-15-13-32(14-16-33)10-6-7-11-34(28(26-35)27-36)12-8-9-31-29(37)42-30(2,3)4/h1,28,35-36H,6-27H2,2-4H3,(H,31,37). The van der Waals surface area contributed by atoms with Crippen LogP contribution in [-0.4, -0.2) is 168 Å². The van der Waals surface area contributed by atoms with Gasteiger partial charge < -0.3 is 44.1 Å². The molecule has 1 fully saturated rings. The Balaban J connectivity index is 2.06. The van der Waals surface area contributed by atoms with Crippen molar-refractivity contribution >= 4 is 6.09 Å². The van der Waals surface area contributed by atoms with Gasteiger partial charge in [0, 0.05) is 45.8 Å². The molecule has 1 amide bonds. The van der Waals surface area contributed by atoms with Crippen molar-refractivity contribution in [2.45, 2.75) is 51.7 Å². The molecule has 0 saturated carbocycles. The first-order valence-corrected chi connectivity index (χ1v) is 15.4. The lowest BCUT2D eigenvalue weighted by Crippen LogP contribution is -2.47. The maximum atomic E-state index is 11.8. The van der Waals surface area contributed by atoms with Crippen molar-refractivity contribution in [1.82, 2.24) is 20.0 Å². The Labute approximate surface area is 253 Å². The zero-order valence-corrected chi connectivity index (χ0v) is 26.4. The zero-order valence-electron chi connectivity index (χ0n) is 26.4. The van der Waals surface area contributed by atoms with Gasteiger partial charge in [0.1, 0.15) is 12.2 Å². The number of nitrogens with zero attached hydrogens (tertiary/aromatic N) is 3. The number of carbonyl (C=O) groups excluding carboxylic acids is 1. The van der Waals surface area contributed by atoms with Crippen LogP contribution < -0.4 is 5.32 Å². The normalized spacial score (nSPS) is 14.9. The van der Waals surface area contributed by atoms with Gasteiger partial charge in [-0.25, -0.2) is 4.79 Å². The maximum Gasteiger partial charge on any atom is 0.407 e. The molecule has 0 aromatic rings. The molecule has 1 saturated heterocycles. The van der Waals surface area contributed by atoms with Gasteiger partial charge in [0.2, 0.25) is 0 Å². The van der Waals surface area contributed by atoms with Crippen LogP contribution in [0.15, 0.2) is 0 Å². The predicted octanol–water partition coefficient (Wildman–Crippen LogP) is 0.654. The van der Waals surface area contributed by atoms with Gasteiger partial charge in [-0.15, -0.1) is 6.42 Å². The summed E-state index contributed by atoms with van der Waals surface area (Å²) in [5.74, 6) is 2.41. The number of aliphatic hydroxyl groups is 2. The second kappa shape index (κ2) is 24.9. The predicted molar refractivity (Wildman–Crippen MR) is 163 cm³/mol. The zero-order chi connectivity index (χ0) is 30.9. The molecule has 12 nitrogen and oxygen atoms in total. The molecule has 1 aliphatic heterocycles. The van der Waals surface area contributed by atoms with Crippen LogP contribution in [0.4, 0.5) is 4.79 Å². The number of carbonyl (C=O) groups is 1. The van der Waals surface area contributed by atoms with E-state index in [0.29, 0.717) is 72.4 Å². The average Bonchev–Trinajstić information content (AvgIpc) is 2.95. The van der Waals surface area contributed by atoms with Gasteiger partial charge in [-0.05, 0) is 53.1 Å². The minimum atomic E-state index is -0.525. The highest BCUT2D eigenvalue weighted by molar-refractivity contribution is 5.67. The number of aliphatic hydroxyl groups excluding tert-OH is 2. The van der Waals surface area contributed by atoms with E-state index in [0.717, 1.165) is 58.7 Å². The summed E-state index contributed by atoms with van der Waals surface area (Å²) in [5, 5.41) is 22.2. The highest BCUT2D eigenvalue weighted by Crippen LogP contribution is 2.08. The SMILES string of the molecule is C#CCOCCOCCOCCOCCN1CCN(CCCCN(CCCNC(=O)OC(C)(C)C)C(CO)CO)CC1. The molecule has 0 aromatic carbocycles. The summed E-state index contributed by atoms with van der Waals surface area (Å²) in [5.41, 5.74) is -0.525. The van der Waals surface area contributed by atoms with E-state index in [9.17, 15) is 15.0 Å². The fraction of sp³-hybridized carbons (Fsp3) is 0.900. The summed E-state index contributed by atoms with van der Waals surface area (Å²) >= 11 is 0. The van der Waals surface area contributed by atoms with Gasteiger partial charge in [-0.2, -0.15) is 0 Å². The molecule has 0 unspecified atom stereocenters. The van der Waals surface area contributed by atoms with E-state index in [1.807, 2.05) is 20.8 Å². The molecule has 0 radical (unpaired) electrons. The number of unbranched alkanes of at least 4 members (excludes halogenated alkanes) is 1. The number of nitrogens with one attached hydrogen (secondary N) is 1. The van der Waals surface area contributed by atoms with Crippen molar-refractivity contribution in [3.05, 3.63) is 0 Å². The Morgan fingerprint density at radius 1 is 0.833 bits per heavy atom. The van der Waals surface area contributed by atoms with Crippen LogP contribution in [-0.2, 0) is 23.7 Å². The summed E-state index contributed by atoms with van der Waals surface area (Å²) < 4.78 is 27.0. The molecule has 246 valence electrons. The van der Waals surface area contributed by atoms with Crippen LogP contribution >= 0.6 is 0 Å². The fourth-order valence-electron chi connectivity index (χ4n) is 4.42. The number of ether oxygens (including phenoxy) is 5. The number of hydrogen-bond donors (Lipinski definition) is 3. The first-order valence-electron chi connectivity index (χ1n) is 15.4. The Morgan fingerprint density at radius 2 is 1.36 bits per heavy atom. The number of hydrogen-bond acceptors (Lipinski definition) is 11. The third kappa shape index (κ3) is 21.2. The molecule has 3 N–H and O–H groups in total. The van der Waals surface area contributed by atoms with Gasteiger partial charge in [0.15, 0.2) is 0 Å². The minimum absolute atomic E-state index is 0.0888. The number of rotatable bonds is 25. The smallest absolute Gasteiger partial charge is 0.407 e. The van der Waals surface area contributed by atoms with E-state index >= 15 is 0 Å². The largest absolute Gasteiger partial charge is 0.444 e. The maximum absolute atomic E-state index is 11.8. The van der Waals surface area contributed by atoms with Crippen molar-refractivity contribution < 1.29 is 38.7 Å². The second-order valence-electron chi connectivity index (χ2n) is 11.3. The van der Waals surface area contributed by atoms with E-state index in [1.165, 1.54) is 0 Å². The number of terminal acetylenes is 1. The van der Waals surface area contributed by atoms with Gasteiger partial charge in [0.25, 0.3) is 0 Å². The molecule has 1 heterocycles. The first kappa shape index (κ1) is 38.5. The van der Waals surface area contributed by atoms with Gasteiger partial charge in [0.05, 0.1) is 65.5 Å². The molecular formula is C30H58N4O8. The van der Waals surface area contributed by atoms with Crippen molar-refractivity contribution in [3.8, 4) is 12.3 Å². The Morgan fingerprint density at radius 3 is 1.90 bits per heavy atom. The van der Waals surface area contributed by atoms with Crippen molar-refractivity contribution in [2.24, 2.45) is 0 Å². The Hall–Kier alpha value is -1.53. The van der Waals surface area contributed by atoms with Gasteiger partial charge >= 0.3 is 6.09 Å². The number of alkyl carbamates (subject to hydrolysis) is 1. The van der Waals surface area contributed by atoms with Crippen LogP contribution in [0.1, 0.15) is 40.0 Å². The average molecular weight is 603 g/mol. The third-order valence-electron chi connectivity index (χ3n) is 6.72. The van der Waals surface area contributed by atoms with E-state index in [-0.39, 0.29) is 19.3 Å². The second-order valence-corrected chi connectivity index (χ2v) is 11.3. The molecule has 0 spiro atoms. The molecule has 12 heteroatoms. The molecule has 0 bridgehead atoms. The lowest BCUT2D eigenvalue weighted by Gasteiger charge is -2.35.